The zero-order valence-electron chi connectivity index (χ0n) is 13.5. The lowest BCUT2D eigenvalue weighted by atomic mass is 10.1. The molecule has 0 aliphatic rings. The Kier molecular flexibility index (Phi) is 9.14. The van der Waals surface area contributed by atoms with Crippen LogP contribution in [0.3, 0.4) is 0 Å². The van der Waals surface area contributed by atoms with Gasteiger partial charge in [0.15, 0.2) is 0 Å². The summed E-state index contributed by atoms with van der Waals surface area (Å²) >= 11 is 0. The number of benzene rings is 1. The second-order valence-corrected chi connectivity index (χ2v) is 5.72. The Morgan fingerprint density at radius 3 is 2.70 bits per heavy atom. The molecule has 1 atom stereocenters. The number of unbranched alkanes of at least 4 members (excludes halogenated alkanes) is 4. The summed E-state index contributed by atoms with van der Waals surface area (Å²) in [6, 6.07) is 8.82. The molecule has 20 heavy (non-hydrogen) atoms. The minimum atomic E-state index is 0.595. The summed E-state index contributed by atoms with van der Waals surface area (Å²) in [5.41, 5.74) is 1.25. The van der Waals surface area contributed by atoms with Crippen LogP contribution in [-0.2, 0) is 0 Å². The second-order valence-electron chi connectivity index (χ2n) is 5.72. The first-order chi connectivity index (χ1) is 9.72. The molecular weight excluding hydrogens is 246 g/mol. The van der Waals surface area contributed by atoms with Crippen molar-refractivity contribution in [1.29, 1.82) is 0 Å². The molecule has 114 valence electrons. The van der Waals surface area contributed by atoms with Crippen molar-refractivity contribution >= 4 is 0 Å². The van der Waals surface area contributed by atoms with Crippen molar-refractivity contribution in [3.8, 4) is 5.75 Å². The molecule has 0 amide bonds. The van der Waals surface area contributed by atoms with Gasteiger partial charge in [0, 0.05) is 12.6 Å². The molecule has 0 aliphatic heterocycles. The van der Waals surface area contributed by atoms with E-state index in [4.69, 9.17) is 4.74 Å². The Morgan fingerprint density at radius 2 is 1.95 bits per heavy atom. The van der Waals surface area contributed by atoms with E-state index in [9.17, 15) is 0 Å². The van der Waals surface area contributed by atoms with Gasteiger partial charge in [-0.15, -0.1) is 0 Å². The van der Waals surface area contributed by atoms with Crippen molar-refractivity contribution in [3.63, 3.8) is 0 Å². The largest absolute Gasteiger partial charge is 0.492 e. The lowest BCUT2D eigenvalue weighted by molar-refractivity contribution is 0.304. The Balaban J connectivity index is 2.00. The predicted octanol–water partition coefficient (Wildman–Crippen LogP) is 4.71. The first-order valence-electron chi connectivity index (χ1n) is 8.15. The van der Waals surface area contributed by atoms with E-state index in [0.29, 0.717) is 6.04 Å². The predicted molar refractivity (Wildman–Crippen MR) is 87.5 cm³/mol. The van der Waals surface area contributed by atoms with Crippen molar-refractivity contribution in [2.75, 3.05) is 13.2 Å². The minimum absolute atomic E-state index is 0.595. The molecular formula is C18H31NO. The molecule has 0 aliphatic carbocycles. The zero-order valence-corrected chi connectivity index (χ0v) is 13.5. The molecule has 2 nitrogen and oxygen atoms in total. The standard InChI is InChI=1S/C18H31NO/c1-4-5-6-7-8-11-17(3)19-13-14-20-18-12-9-10-16(2)15-18/h9-10,12,15,17,19H,4-8,11,13-14H2,1-3H3. The fourth-order valence-corrected chi connectivity index (χ4v) is 2.34. The number of rotatable bonds is 11. The fourth-order valence-electron chi connectivity index (χ4n) is 2.34. The van der Waals surface area contributed by atoms with Crippen molar-refractivity contribution < 1.29 is 4.74 Å². The fraction of sp³-hybridized carbons (Fsp3) is 0.667. The van der Waals surface area contributed by atoms with Crippen LogP contribution >= 0.6 is 0 Å². The van der Waals surface area contributed by atoms with Crippen LogP contribution in [0, 0.1) is 6.92 Å². The Morgan fingerprint density at radius 1 is 1.15 bits per heavy atom. The van der Waals surface area contributed by atoms with Gasteiger partial charge >= 0.3 is 0 Å². The maximum Gasteiger partial charge on any atom is 0.119 e. The summed E-state index contributed by atoms with van der Waals surface area (Å²) in [6.45, 7) is 8.28. The van der Waals surface area contributed by atoms with E-state index >= 15 is 0 Å². The van der Waals surface area contributed by atoms with E-state index in [0.717, 1.165) is 18.9 Å². The van der Waals surface area contributed by atoms with Crippen molar-refractivity contribution in [2.45, 2.75) is 65.3 Å². The van der Waals surface area contributed by atoms with Crippen LogP contribution in [0.25, 0.3) is 0 Å². The third kappa shape index (κ3) is 8.21. The number of aryl methyl sites for hydroxylation is 1. The van der Waals surface area contributed by atoms with Gasteiger partial charge < -0.3 is 10.1 Å². The first kappa shape index (κ1) is 17.0. The lowest BCUT2D eigenvalue weighted by Gasteiger charge is -2.14. The number of hydrogen-bond acceptors (Lipinski definition) is 2. The first-order valence-corrected chi connectivity index (χ1v) is 8.15. The van der Waals surface area contributed by atoms with Gasteiger partial charge in [0.2, 0.25) is 0 Å². The van der Waals surface area contributed by atoms with Gasteiger partial charge in [-0.25, -0.2) is 0 Å². The molecule has 1 rings (SSSR count). The molecule has 0 saturated heterocycles. The van der Waals surface area contributed by atoms with Gasteiger partial charge in [-0.05, 0) is 38.0 Å². The van der Waals surface area contributed by atoms with E-state index in [1.165, 1.54) is 44.1 Å². The van der Waals surface area contributed by atoms with E-state index < -0.39 is 0 Å². The van der Waals surface area contributed by atoms with Gasteiger partial charge in [0.05, 0.1) is 0 Å². The maximum atomic E-state index is 5.73. The summed E-state index contributed by atoms with van der Waals surface area (Å²) in [6.07, 6.45) is 8.08. The lowest BCUT2D eigenvalue weighted by Crippen LogP contribution is -2.30. The maximum absolute atomic E-state index is 5.73. The summed E-state index contributed by atoms with van der Waals surface area (Å²) in [5.74, 6) is 0.971. The van der Waals surface area contributed by atoms with Crippen LogP contribution in [-0.4, -0.2) is 19.2 Å². The quantitative estimate of drug-likeness (QED) is 0.591. The van der Waals surface area contributed by atoms with Crippen LogP contribution in [0.15, 0.2) is 24.3 Å². The average molecular weight is 277 g/mol. The highest BCUT2D eigenvalue weighted by molar-refractivity contribution is 5.27. The molecule has 0 bridgehead atoms. The van der Waals surface area contributed by atoms with Gasteiger partial charge in [-0.3, -0.25) is 0 Å². The van der Waals surface area contributed by atoms with Crippen LogP contribution in [0.1, 0.15) is 57.9 Å². The van der Waals surface area contributed by atoms with E-state index in [1.807, 2.05) is 12.1 Å². The highest BCUT2D eigenvalue weighted by Gasteiger charge is 2.01. The van der Waals surface area contributed by atoms with Crippen LogP contribution in [0.5, 0.6) is 5.75 Å². The molecule has 0 saturated carbocycles. The molecule has 0 fully saturated rings. The monoisotopic (exact) mass is 277 g/mol. The van der Waals surface area contributed by atoms with Gasteiger partial charge in [0.1, 0.15) is 12.4 Å². The third-order valence-electron chi connectivity index (χ3n) is 3.59. The number of nitrogens with one attached hydrogen (secondary N) is 1. The summed E-state index contributed by atoms with van der Waals surface area (Å²) < 4.78 is 5.73. The Hall–Kier alpha value is -1.02. The van der Waals surface area contributed by atoms with E-state index in [-0.39, 0.29) is 0 Å². The Labute approximate surface area is 124 Å². The summed E-state index contributed by atoms with van der Waals surface area (Å²) in [4.78, 5) is 0. The van der Waals surface area contributed by atoms with E-state index in [1.54, 1.807) is 0 Å². The molecule has 1 aromatic rings. The zero-order chi connectivity index (χ0) is 14.6. The van der Waals surface area contributed by atoms with Crippen molar-refractivity contribution in [2.24, 2.45) is 0 Å². The molecule has 0 spiro atoms. The highest BCUT2D eigenvalue weighted by atomic mass is 16.5. The molecule has 2 heteroatoms. The molecule has 1 unspecified atom stereocenters. The molecule has 0 heterocycles. The van der Waals surface area contributed by atoms with Crippen molar-refractivity contribution in [1.82, 2.24) is 5.32 Å². The second kappa shape index (κ2) is 10.7. The van der Waals surface area contributed by atoms with Crippen LogP contribution in [0.2, 0.25) is 0 Å². The average Bonchev–Trinajstić information content (AvgIpc) is 2.43. The van der Waals surface area contributed by atoms with Crippen molar-refractivity contribution in [3.05, 3.63) is 29.8 Å². The minimum Gasteiger partial charge on any atom is -0.492 e. The highest BCUT2D eigenvalue weighted by Crippen LogP contribution is 2.12. The summed E-state index contributed by atoms with van der Waals surface area (Å²) in [7, 11) is 0. The SMILES string of the molecule is CCCCCCCC(C)NCCOc1cccc(C)c1. The van der Waals surface area contributed by atoms with Gasteiger partial charge in [-0.1, -0.05) is 51.2 Å². The molecule has 0 aromatic heterocycles. The van der Waals surface area contributed by atoms with Crippen LogP contribution < -0.4 is 10.1 Å². The third-order valence-corrected chi connectivity index (χ3v) is 3.59. The van der Waals surface area contributed by atoms with Gasteiger partial charge in [-0.2, -0.15) is 0 Å². The van der Waals surface area contributed by atoms with Gasteiger partial charge in [0.25, 0.3) is 0 Å². The normalized spacial score (nSPS) is 12.3. The molecule has 0 radical (unpaired) electrons. The topological polar surface area (TPSA) is 21.3 Å². The number of ether oxygens (including phenoxy) is 1. The molecule has 1 N–H and O–H groups in total. The van der Waals surface area contributed by atoms with Crippen LogP contribution in [0.4, 0.5) is 0 Å². The summed E-state index contributed by atoms with van der Waals surface area (Å²) in [5, 5.41) is 3.53. The van der Waals surface area contributed by atoms with E-state index in [2.05, 4.69) is 38.2 Å². The Bertz CT molecular complexity index is 351. The molecule has 1 aromatic carbocycles. The smallest absolute Gasteiger partial charge is 0.119 e. The number of hydrogen-bond donors (Lipinski definition) is 1.